The maximum Gasteiger partial charge on any atom is 0.0622 e. The molecular formula is C13H23N3. The Balaban J connectivity index is 1.73. The summed E-state index contributed by atoms with van der Waals surface area (Å²) in [5.74, 6) is 0.860. The van der Waals surface area contributed by atoms with Gasteiger partial charge in [0.25, 0.3) is 0 Å². The number of nitrogens with one attached hydrogen (secondary N) is 1. The van der Waals surface area contributed by atoms with Gasteiger partial charge in [-0.05, 0) is 57.7 Å². The Bertz CT molecular complexity index is 240. The van der Waals surface area contributed by atoms with Crippen molar-refractivity contribution in [3.63, 3.8) is 0 Å². The van der Waals surface area contributed by atoms with E-state index in [0.717, 1.165) is 24.9 Å². The first-order chi connectivity index (χ1) is 7.90. The first kappa shape index (κ1) is 11.9. The molecule has 2 unspecified atom stereocenters. The monoisotopic (exact) mass is 221 g/mol. The quantitative estimate of drug-likeness (QED) is 0.735. The maximum atomic E-state index is 8.54. The van der Waals surface area contributed by atoms with E-state index in [9.17, 15) is 0 Å². The fraction of sp³-hybridized carbons (Fsp3) is 0.923. The number of unbranched alkanes of at least 4 members (excludes halogenated alkanes) is 1. The van der Waals surface area contributed by atoms with Gasteiger partial charge in [-0.25, -0.2) is 0 Å². The van der Waals surface area contributed by atoms with Crippen molar-refractivity contribution in [1.29, 1.82) is 5.26 Å². The van der Waals surface area contributed by atoms with E-state index in [0.29, 0.717) is 6.42 Å². The number of piperidine rings is 1. The Morgan fingerprint density at radius 3 is 3.00 bits per heavy atom. The van der Waals surface area contributed by atoms with Gasteiger partial charge in [0.05, 0.1) is 6.07 Å². The molecule has 16 heavy (non-hydrogen) atoms. The van der Waals surface area contributed by atoms with Crippen molar-refractivity contribution in [2.24, 2.45) is 5.92 Å². The molecule has 2 fully saturated rings. The third-order valence-electron chi connectivity index (χ3n) is 3.97. The van der Waals surface area contributed by atoms with Gasteiger partial charge in [-0.2, -0.15) is 5.26 Å². The van der Waals surface area contributed by atoms with Gasteiger partial charge in [-0.1, -0.05) is 0 Å². The van der Waals surface area contributed by atoms with Crippen molar-refractivity contribution in [2.45, 2.75) is 44.6 Å². The number of nitrogens with zero attached hydrogens (tertiary/aromatic N) is 2. The van der Waals surface area contributed by atoms with Gasteiger partial charge in [-0.3, -0.25) is 0 Å². The molecule has 0 aromatic carbocycles. The SMILES string of the molecule is N#CCCCN1CCCC(C2CCCN2)C1. The minimum Gasteiger partial charge on any atom is -0.314 e. The highest BCUT2D eigenvalue weighted by Gasteiger charge is 2.28. The summed E-state index contributed by atoms with van der Waals surface area (Å²) in [5, 5.41) is 12.2. The number of hydrogen-bond donors (Lipinski definition) is 1. The highest BCUT2D eigenvalue weighted by atomic mass is 15.1. The van der Waals surface area contributed by atoms with Gasteiger partial charge in [0.2, 0.25) is 0 Å². The lowest BCUT2D eigenvalue weighted by molar-refractivity contribution is 0.151. The van der Waals surface area contributed by atoms with Gasteiger partial charge in [0, 0.05) is 19.0 Å². The topological polar surface area (TPSA) is 39.1 Å². The molecule has 0 aromatic rings. The zero-order valence-electron chi connectivity index (χ0n) is 10.1. The molecule has 2 rings (SSSR count). The van der Waals surface area contributed by atoms with Crippen LogP contribution in [0.5, 0.6) is 0 Å². The molecule has 2 aliphatic heterocycles. The molecule has 0 bridgehead atoms. The van der Waals surface area contributed by atoms with E-state index < -0.39 is 0 Å². The predicted molar refractivity (Wildman–Crippen MR) is 65.0 cm³/mol. The molecule has 1 N–H and O–H groups in total. The van der Waals surface area contributed by atoms with E-state index in [1.165, 1.54) is 45.3 Å². The lowest BCUT2D eigenvalue weighted by Crippen LogP contribution is -2.43. The molecular weight excluding hydrogens is 198 g/mol. The highest BCUT2D eigenvalue weighted by Crippen LogP contribution is 2.24. The summed E-state index contributed by atoms with van der Waals surface area (Å²) in [4.78, 5) is 2.56. The average Bonchev–Trinajstić information content (AvgIpc) is 2.83. The molecule has 0 aliphatic carbocycles. The first-order valence-corrected chi connectivity index (χ1v) is 6.73. The van der Waals surface area contributed by atoms with Crippen LogP contribution in [0.4, 0.5) is 0 Å². The van der Waals surface area contributed by atoms with Crippen LogP contribution in [0.15, 0.2) is 0 Å². The Labute approximate surface area is 98.8 Å². The van der Waals surface area contributed by atoms with Gasteiger partial charge in [0.15, 0.2) is 0 Å². The molecule has 0 spiro atoms. The number of rotatable bonds is 4. The summed E-state index contributed by atoms with van der Waals surface area (Å²) in [6, 6.07) is 3.01. The van der Waals surface area contributed by atoms with Crippen molar-refractivity contribution in [2.75, 3.05) is 26.2 Å². The van der Waals surface area contributed by atoms with E-state index in [4.69, 9.17) is 5.26 Å². The minimum absolute atomic E-state index is 0.711. The standard InChI is InChI=1S/C13H23N3/c14-7-1-2-9-16-10-4-5-12(11-16)13-6-3-8-15-13/h12-13,15H,1-6,8-11H2. The lowest BCUT2D eigenvalue weighted by atomic mass is 9.89. The molecule has 0 amide bonds. The van der Waals surface area contributed by atoms with E-state index in [1.54, 1.807) is 0 Å². The normalized spacial score (nSPS) is 31.4. The van der Waals surface area contributed by atoms with Crippen LogP contribution in [0, 0.1) is 17.2 Å². The van der Waals surface area contributed by atoms with Crippen molar-refractivity contribution in [3.05, 3.63) is 0 Å². The van der Waals surface area contributed by atoms with E-state index in [2.05, 4.69) is 16.3 Å². The van der Waals surface area contributed by atoms with E-state index in [1.807, 2.05) is 0 Å². The highest BCUT2D eigenvalue weighted by molar-refractivity contribution is 4.86. The zero-order valence-corrected chi connectivity index (χ0v) is 10.1. The van der Waals surface area contributed by atoms with Crippen molar-refractivity contribution in [1.82, 2.24) is 10.2 Å². The first-order valence-electron chi connectivity index (χ1n) is 6.73. The number of nitriles is 1. The summed E-state index contributed by atoms with van der Waals surface area (Å²) >= 11 is 0. The Hall–Kier alpha value is -0.590. The molecule has 90 valence electrons. The summed E-state index contributed by atoms with van der Waals surface area (Å²) in [6.45, 7) is 4.84. The second kappa shape index (κ2) is 6.22. The number of likely N-dealkylation sites (tertiary alicyclic amines) is 1. The summed E-state index contributed by atoms with van der Waals surface area (Å²) in [5.41, 5.74) is 0. The second-order valence-electron chi connectivity index (χ2n) is 5.17. The van der Waals surface area contributed by atoms with Gasteiger partial charge in [-0.15, -0.1) is 0 Å². The number of hydrogen-bond acceptors (Lipinski definition) is 3. The summed E-state index contributed by atoms with van der Waals surface area (Å²) in [6.07, 6.45) is 7.22. The third kappa shape index (κ3) is 3.20. The maximum absolute atomic E-state index is 8.54. The Morgan fingerprint density at radius 1 is 1.31 bits per heavy atom. The molecule has 0 radical (unpaired) electrons. The average molecular weight is 221 g/mol. The van der Waals surface area contributed by atoms with Crippen LogP contribution >= 0.6 is 0 Å². The smallest absolute Gasteiger partial charge is 0.0622 e. The van der Waals surface area contributed by atoms with Gasteiger partial charge >= 0.3 is 0 Å². The third-order valence-corrected chi connectivity index (χ3v) is 3.97. The van der Waals surface area contributed by atoms with Crippen LogP contribution in [0.3, 0.4) is 0 Å². The summed E-state index contributed by atoms with van der Waals surface area (Å²) < 4.78 is 0. The molecule has 0 aromatic heterocycles. The van der Waals surface area contributed by atoms with E-state index >= 15 is 0 Å². The fourth-order valence-electron chi connectivity index (χ4n) is 3.12. The van der Waals surface area contributed by atoms with Crippen LogP contribution in [0.1, 0.15) is 38.5 Å². The molecule has 0 saturated carbocycles. The minimum atomic E-state index is 0.711. The fourth-order valence-corrected chi connectivity index (χ4v) is 3.12. The molecule has 3 nitrogen and oxygen atoms in total. The Morgan fingerprint density at radius 2 is 2.25 bits per heavy atom. The zero-order chi connectivity index (χ0) is 11.2. The van der Waals surface area contributed by atoms with Crippen molar-refractivity contribution >= 4 is 0 Å². The van der Waals surface area contributed by atoms with Crippen LogP contribution in [-0.2, 0) is 0 Å². The molecule has 3 heteroatoms. The largest absolute Gasteiger partial charge is 0.314 e. The van der Waals surface area contributed by atoms with Crippen LogP contribution in [0.2, 0.25) is 0 Å². The van der Waals surface area contributed by atoms with E-state index in [-0.39, 0.29) is 0 Å². The van der Waals surface area contributed by atoms with Crippen LogP contribution < -0.4 is 5.32 Å². The van der Waals surface area contributed by atoms with Crippen LogP contribution in [0.25, 0.3) is 0 Å². The van der Waals surface area contributed by atoms with Gasteiger partial charge < -0.3 is 10.2 Å². The second-order valence-corrected chi connectivity index (χ2v) is 5.17. The van der Waals surface area contributed by atoms with Crippen molar-refractivity contribution in [3.8, 4) is 6.07 Å². The Kier molecular flexibility index (Phi) is 4.62. The predicted octanol–water partition coefficient (Wildman–Crippen LogP) is 1.75. The molecule has 2 aliphatic rings. The van der Waals surface area contributed by atoms with Crippen molar-refractivity contribution < 1.29 is 0 Å². The molecule has 2 atom stereocenters. The summed E-state index contributed by atoms with van der Waals surface area (Å²) in [7, 11) is 0. The molecule has 2 heterocycles. The molecule has 2 saturated heterocycles. The lowest BCUT2D eigenvalue weighted by Gasteiger charge is -2.35. The van der Waals surface area contributed by atoms with Gasteiger partial charge in [0.1, 0.15) is 0 Å². The van der Waals surface area contributed by atoms with Crippen LogP contribution in [-0.4, -0.2) is 37.1 Å².